The zero-order chi connectivity index (χ0) is 20.9. The second-order valence-electron chi connectivity index (χ2n) is 6.67. The Bertz CT molecular complexity index is 933. The van der Waals surface area contributed by atoms with E-state index in [1.165, 1.54) is 16.1 Å². The van der Waals surface area contributed by atoms with Gasteiger partial charge in [0.25, 0.3) is 5.91 Å². The smallest absolute Gasteiger partial charge is 0.252 e. The third kappa shape index (κ3) is 5.59. The number of morpholine rings is 1. The Morgan fingerprint density at radius 1 is 1.24 bits per heavy atom. The molecule has 8 nitrogen and oxygen atoms in total. The van der Waals surface area contributed by atoms with E-state index in [0.29, 0.717) is 37.6 Å². The number of rotatable bonds is 8. The van der Waals surface area contributed by atoms with Crippen LogP contribution < -0.4 is 5.32 Å². The second-order valence-corrected chi connectivity index (χ2v) is 9.78. The molecule has 1 amide bonds. The zero-order valence-electron chi connectivity index (χ0n) is 16.5. The Labute approximate surface area is 175 Å². The maximum absolute atomic E-state index is 12.6. The number of nitrogens with one attached hydrogen (secondary N) is 1. The van der Waals surface area contributed by atoms with Crippen LogP contribution in [0.15, 0.2) is 33.7 Å². The molecule has 0 atom stereocenters. The van der Waals surface area contributed by atoms with Gasteiger partial charge < -0.3 is 14.6 Å². The molecule has 0 bridgehead atoms. The number of nitrogens with zero attached hydrogens (tertiary/aromatic N) is 2. The van der Waals surface area contributed by atoms with E-state index in [0.717, 1.165) is 21.9 Å². The number of aromatic nitrogens is 1. The lowest BCUT2D eigenvalue weighted by atomic mass is 10.2. The molecule has 3 rings (SSSR count). The van der Waals surface area contributed by atoms with Crippen LogP contribution in [0.5, 0.6) is 0 Å². The van der Waals surface area contributed by atoms with Gasteiger partial charge in [0.15, 0.2) is 0 Å². The van der Waals surface area contributed by atoms with Gasteiger partial charge in [0.05, 0.1) is 30.2 Å². The number of aryl methyl sites for hydroxylation is 2. The van der Waals surface area contributed by atoms with E-state index in [9.17, 15) is 13.2 Å². The van der Waals surface area contributed by atoms with Crippen molar-refractivity contribution in [2.75, 3.05) is 38.6 Å². The Kier molecular flexibility index (Phi) is 7.33. The third-order valence-electron chi connectivity index (χ3n) is 4.69. The summed E-state index contributed by atoms with van der Waals surface area (Å²) in [6, 6.07) is 7.28. The molecule has 1 aliphatic rings. The number of hydrogen-bond acceptors (Lipinski definition) is 7. The molecule has 0 aliphatic carbocycles. The highest BCUT2D eigenvalue weighted by Gasteiger charge is 2.24. The van der Waals surface area contributed by atoms with Crippen LogP contribution in [0.4, 0.5) is 0 Å². The molecule has 10 heteroatoms. The molecule has 2 aromatic rings. The van der Waals surface area contributed by atoms with E-state index in [1.54, 1.807) is 12.1 Å². The lowest BCUT2D eigenvalue weighted by Gasteiger charge is -2.26. The van der Waals surface area contributed by atoms with E-state index < -0.39 is 10.0 Å². The fourth-order valence-electron chi connectivity index (χ4n) is 2.98. The lowest BCUT2D eigenvalue weighted by Crippen LogP contribution is -2.43. The first-order valence-corrected chi connectivity index (χ1v) is 12.0. The van der Waals surface area contributed by atoms with Crippen LogP contribution >= 0.6 is 11.8 Å². The third-order valence-corrected chi connectivity index (χ3v) is 7.67. The molecule has 1 fully saturated rings. The summed E-state index contributed by atoms with van der Waals surface area (Å²) < 4.78 is 36.5. The normalized spacial score (nSPS) is 15.4. The Hall–Kier alpha value is -1.88. The average Bonchev–Trinajstić information content (AvgIpc) is 3.04. The molecule has 1 N–H and O–H groups in total. The maximum Gasteiger partial charge on any atom is 0.252 e. The van der Waals surface area contributed by atoms with E-state index in [2.05, 4.69) is 10.5 Å². The van der Waals surface area contributed by atoms with Gasteiger partial charge in [-0.1, -0.05) is 17.3 Å². The van der Waals surface area contributed by atoms with E-state index in [-0.39, 0.29) is 18.2 Å². The topological polar surface area (TPSA) is 102 Å². The molecule has 0 radical (unpaired) electrons. The van der Waals surface area contributed by atoms with Crippen molar-refractivity contribution in [1.82, 2.24) is 14.8 Å². The fraction of sp³-hybridized carbons (Fsp3) is 0.474. The van der Waals surface area contributed by atoms with Gasteiger partial charge in [0, 0.05) is 35.8 Å². The number of carbonyl (C=O) groups excluding carboxylic acids is 1. The van der Waals surface area contributed by atoms with E-state index in [4.69, 9.17) is 9.26 Å². The number of thioether (sulfide) groups is 1. The summed E-state index contributed by atoms with van der Waals surface area (Å²) in [7, 11) is -3.40. The fourth-order valence-corrected chi connectivity index (χ4v) is 5.51. The van der Waals surface area contributed by atoms with Gasteiger partial charge in [-0.25, -0.2) is 8.42 Å². The highest BCUT2D eigenvalue weighted by molar-refractivity contribution is 7.98. The Morgan fingerprint density at radius 3 is 2.66 bits per heavy atom. The molecule has 0 saturated carbocycles. The van der Waals surface area contributed by atoms with Crippen molar-refractivity contribution in [3.05, 3.63) is 46.8 Å². The quantitative estimate of drug-likeness (QED) is 0.628. The molecule has 1 aromatic heterocycles. The van der Waals surface area contributed by atoms with Crippen LogP contribution in [-0.4, -0.2) is 62.4 Å². The number of amides is 1. The highest BCUT2D eigenvalue weighted by atomic mass is 32.2. The monoisotopic (exact) mass is 439 g/mol. The Balaban J connectivity index is 1.58. The van der Waals surface area contributed by atoms with Gasteiger partial charge >= 0.3 is 0 Å². The minimum Gasteiger partial charge on any atom is -0.379 e. The Morgan fingerprint density at radius 2 is 1.97 bits per heavy atom. The van der Waals surface area contributed by atoms with Crippen molar-refractivity contribution in [2.24, 2.45) is 0 Å². The van der Waals surface area contributed by atoms with Crippen LogP contribution in [0.3, 0.4) is 0 Å². The standard InChI is InChI=1S/C19H25N3O5S2/c1-14-17(15(2)27-21-14)13-28-18-6-4-3-5-16(18)19(23)20-7-12-29(24,25)22-8-10-26-11-9-22/h3-6H,7-13H2,1-2H3,(H,20,23). The van der Waals surface area contributed by atoms with Gasteiger partial charge in [-0.15, -0.1) is 11.8 Å². The first-order valence-electron chi connectivity index (χ1n) is 9.36. The first-order chi connectivity index (χ1) is 13.9. The van der Waals surface area contributed by atoms with E-state index in [1.807, 2.05) is 26.0 Å². The highest BCUT2D eigenvalue weighted by Crippen LogP contribution is 2.28. The summed E-state index contributed by atoms with van der Waals surface area (Å²) in [6.45, 7) is 5.34. The van der Waals surface area contributed by atoms with Gasteiger partial charge in [-0.05, 0) is 26.0 Å². The summed E-state index contributed by atoms with van der Waals surface area (Å²) >= 11 is 1.52. The van der Waals surface area contributed by atoms with Gasteiger partial charge in [-0.2, -0.15) is 4.31 Å². The minimum absolute atomic E-state index is 0.0569. The SMILES string of the molecule is Cc1noc(C)c1CSc1ccccc1C(=O)NCCS(=O)(=O)N1CCOCC1. The second kappa shape index (κ2) is 9.75. The van der Waals surface area contributed by atoms with Crippen molar-refractivity contribution in [2.45, 2.75) is 24.5 Å². The van der Waals surface area contributed by atoms with Crippen LogP contribution in [0.25, 0.3) is 0 Å². The van der Waals surface area contributed by atoms with Crippen molar-refractivity contribution < 1.29 is 22.5 Å². The predicted molar refractivity (Wildman–Crippen MR) is 110 cm³/mol. The number of benzene rings is 1. The summed E-state index contributed by atoms with van der Waals surface area (Å²) in [5, 5.41) is 6.68. The van der Waals surface area contributed by atoms with Crippen molar-refractivity contribution in [3.8, 4) is 0 Å². The molecule has 0 unspecified atom stereocenters. The molecule has 0 spiro atoms. The predicted octanol–water partition coefficient (Wildman–Crippen LogP) is 1.98. The zero-order valence-corrected chi connectivity index (χ0v) is 18.1. The number of carbonyl (C=O) groups is 1. The number of ether oxygens (including phenoxy) is 1. The van der Waals surface area contributed by atoms with Crippen molar-refractivity contribution >= 4 is 27.7 Å². The number of sulfonamides is 1. The molecule has 1 aliphatic heterocycles. The minimum atomic E-state index is -3.40. The summed E-state index contributed by atoms with van der Waals surface area (Å²) in [5.41, 5.74) is 2.38. The largest absolute Gasteiger partial charge is 0.379 e. The molecule has 1 saturated heterocycles. The van der Waals surface area contributed by atoms with Crippen LogP contribution in [-0.2, 0) is 20.5 Å². The molecule has 29 heavy (non-hydrogen) atoms. The summed E-state index contributed by atoms with van der Waals surface area (Å²) in [5.74, 6) is 0.985. The van der Waals surface area contributed by atoms with Crippen molar-refractivity contribution in [3.63, 3.8) is 0 Å². The van der Waals surface area contributed by atoms with Crippen LogP contribution in [0.2, 0.25) is 0 Å². The number of hydrogen-bond donors (Lipinski definition) is 1. The molecule has 1 aromatic carbocycles. The molecular formula is C19H25N3O5S2. The van der Waals surface area contributed by atoms with Crippen LogP contribution in [0, 0.1) is 13.8 Å². The average molecular weight is 440 g/mol. The first kappa shape index (κ1) is 21.8. The summed E-state index contributed by atoms with van der Waals surface area (Å²) in [4.78, 5) is 13.5. The molecular weight excluding hydrogens is 414 g/mol. The molecule has 158 valence electrons. The molecule has 2 heterocycles. The van der Waals surface area contributed by atoms with Gasteiger partial charge in [-0.3, -0.25) is 4.79 Å². The van der Waals surface area contributed by atoms with Gasteiger partial charge in [0.1, 0.15) is 5.76 Å². The van der Waals surface area contributed by atoms with Crippen LogP contribution in [0.1, 0.15) is 27.4 Å². The lowest BCUT2D eigenvalue weighted by molar-refractivity contribution is 0.0730. The van der Waals surface area contributed by atoms with Crippen molar-refractivity contribution in [1.29, 1.82) is 0 Å². The van der Waals surface area contributed by atoms with Gasteiger partial charge in [0.2, 0.25) is 10.0 Å². The summed E-state index contributed by atoms with van der Waals surface area (Å²) in [6.07, 6.45) is 0. The van der Waals surface area contributed by atoms with E-state index >= 15 is 0 Å². The maximum atomic E-state index is 12.6.